The van der Waals surface area contributed by atoms with Crippen LogP contribution in [-0.2, 0) is 6.18 Å². The topological polar surface area (TPSA) is 12.9 Å². The minimum absolute atomic E-state index is 0.548. The highest BCUT2D eigenvalue weighted by atomic mass is 32.1. The minimum Gasteiger partial charge on any atom is -0.252 e. The Hall–Kier alpha value is -1.36. The summed E-state index contributed by atoms with van der Waals surface area (Å²) in [5.41, 5.74) is 1.51. The number of nitrogens with zero attached hydrogens (tertiary/aromatic N) is 1. The zero-order chi connectivity index (χ0) is 10.9. The Labute approximate surface area is 88.2 Å². The van der Waals surface area contributed by atoms with Crippen LogP contribution in [0.5, 0.6) is 0 Å². The summed E-state index contributed by atoms with van der Waals surface area (Å²) in [6, 6.07) is 5.23. The van der Waals surface area contributed by atoms with Gasteiger partial charge in [0.25, 0.3) is 0 Å². The Kier molecular flexibility index (Phi) is 2.48. The van der Waals surface area contributed by atoms with E-state index in [1.54, 1.807) is 17.8 Å². The molecule has 2 aromatic rings. The number of hydrogen-bond acceptors (Lipinski definition) is 2. The van der Waals surface area contributed by atoms with Gasteiger partial charge in [0.05, 0.1) is 16.0 Å². The lowest BCUT2D eigenvalue weighted by Crippen LogP contribution is -2.04. The molecule has 5 heteroatoms. The summed E-state index contributed by atoms with van der Waals surface area (Å²) in [5, 5.41) is 0. The molecule has 1 nitrogen and oxygen atoms in total. The number of benzene rings is 1. The van der Waals surface area contributed by atoms with Crippen LogP contribution in [0.2, 0.25) is 0 Å². The van der Waals surface area contributed by atoms with Crippen molar-refractivity contribution in [1.29, 1.82) is 0 Å². The largest absolute Gasteiger partial charge is 0.416 e. The van der Waals surface area contributed by atoms with E-state index in [1.165, 1.54) is 17.4 Å². The number of hydrogen-bond donors (Lipinski definition) is 0. The van der Waals surface area contributed by atoms with E-state index in [9.17, 15) is 13.2 Å². The number of rotatable bonds is 1. The predicted molar refractivity (Wildman–Crippen MR) is 52.6 cm³/mol. The Balaban J connectivity index is 2.44. The second-order valence-electron chi connectivity index (χ2n) is 2.94. The molecule has 1 heterocycles. The normalized spacial score (nSPS) is 11.7. The van der Waals surface area contributed by atoms with Crippen LogP contribution in [0.4, 0.5) is 13.2 Å². The summed E-state index contributed by atoms with van der Waals surface area (Å²) in [6.45, 7) is 0. The molecule has 78 valence electrons. The van der Waals surface area contributed by atoms with Crippen molar-refractivity contribution in [2.24, 2.45) is 0 Å². The van der Waals surface area contributed by atoms with Crippen LogP contribution in [0, 0.1) is 0 Å². The van der Waals surface area contributed by atoms with E-state index in [4.69, 9.17) is 0 Å². The third-order valence-corrected chi connectivity index (χ3v) is 2.73. The molecule has 0 bridgehead atoms. The summed E-state index contributed by atoms with van der Waals surface area (Å²) in [4.78, 5) is 4.56. The number of halogens is 3. The van der Waals surface area contributed by atoms with Gasteiger partial charge in [0.2, 0.25) is 0 Å². The molecule has 0 aliphatic carbocycles. The van der Waals surface area contributed by atoms with E-state index in [0.717, 1.165) is 17.0 Å². The maximum atomic E-state index is 12.4. The average molecular weight is 229 g/mol. The van der Waals surface area contributed by atoms with Crippen molar-refractivity contribution >= 4 is 11.3 Å². The van der Waals surface area contributed by atoms with Crippen molar-refractivity contribution in [3.63, 3.8) is 0 Å². The first kappa shape index (κ1) is 10.2. The highest BCUT2D eigenvalue weighted by Crippen LogP contribution is 2.32. The van der Waals surface area contributed by atoms with E-state index in [1.807, 2.05) is 0 Å². The maximum Gasteiger partial charge on any atom is 0.416 e. The van der Waals surface area contributed by atoms with Gasteiger partial charge in [0.1, 0.15) is 0 Å². The monoisotopic (exact) mass is 229 g/mol. The van der Waals surface area contributed by atoms with Crippen LogP contribution >= 0.6 is 11.3 Å². The number of aromatic nitrogens is 1. The van der Waals surface area contributed by atoms with Crippen molar-refractivity contribution in [2.45, 2.75) is 6.18 Å². The Morgan fingerprint density at radius 2 is 2.00 bits per heavy atom. The molecular weight excluding hydrogens is 223 g/mol. The van der Waals surface area contributed by atoms with Crippen LogP contribution in [-0.4, -0.2) is 4.98 Å². The summed E-state index contributed by atoms with van der Waals surface area (Å²) in [7, 11) is 0. The molecule has 0 fully saturated rings. The molecule has 0 atom stereocenters. The highest BCUT2D eigenvalue weighted by molar-refractivity contribution is 7.13. The van der Waals surface area contributed by atoms with E-state index in [2.05, 4.69) is 4.98 Å². The molecule has 0 unspecified atom stereocenters. The smallest absolute Gasteiger partial charge is 0.252 e. The van der Waals surface area contributed by atoms with E-state index in [0.29, 0.717) is 5.56 Å². The highest BCUT2D eigenvalue weighted by Gasteiger charge is 2.30. The molecule has 0 amide bonds. The summed E-state index contributed by atoms with van der Waals surface area (Å²) in [6.07, 6.45) is -2.74. The maximum absolute atomic E-state index is 12.4. The molecule has 0 saturated heterocycles. The zero-order valence-electron chi connectivity index (χ0n) is 7.45. The van der Waals surface area contributed by atoms with Gasteiger partial charge in [-0.1, -0.05) is 12.1 Å². The molecule has 0 saturated carbocycles. The van der Waals surface area contributed by atoms with Gasteiger partial charge in [-0.25, -0.2) is 0 Å². The molecule has 1 aromatic heterocycles. The SMILES string of the molecule is FC(F)(F)c1cccc(-c2cncs2)c1. The zero-order valence-corrected chi connectivity index (χ0v) is 8.27. The number of thiazole rings is 1. The molecule has 0 spiro atoms. The van der Waals surface area contributed by atoms with Gasteiger partial charge in [-0.05, 0) is 17.7 Å². The number of alkyl halides is 3. The van der Waals surface area contributed by atoms with Crippen molar-refractivity contribution in [3.05, 3.63) is 41.5 Å². The van der Waals surface area contributed by atoms with Crippen LogP contribution in [0.15, 0.2) is 36.0 Å². The molecule has 0 radical (unpaired) electrons. The average Bonchev–Trinajstić information content (AvgIpc) is 2.69. The molecule has 1 aromatic carbocycles. The first-order valence-electron chi connectivity index (χ1n) is 4.13. The van der Waals surface area contributed by atoms with Gasteiger partial charge in [-0.3, -0.25) is 4.98 Å². The second kappa shape index (κ2) is 3.66. The lowest BCUT2D eigenvalue weighted by Gasteiger charge is -2.07. The fraction of sp³-hybridized carbons (Fsp3) is 0.100. The molecule has 0 aliphatic heterocycles. The van der Waals surface area contributed by atoms with Crippen molar-refractivity contribution in [1.82, 2.24) is 4.98 Å². The minimum atomic E-state index is -4.29. The van der Waals surface area contributed by atoms with Crippen LogP contribution in [0.3, 0.4) is 0 Å². The van der Waals surface area contributed by atoms with Crippen molar-refractivity contribution in [2.75, 3.05) is 0 Å². The standard InChI is InChI=1S/C10H6F3NS/c11-10(12,13)8-3-1-2-7(4-8)9-5-14-6-15-9/h1-6H. The van der Waals surface area contributed by atoms with Crippen LogP contribution in [0.25, 0.3) is 10.4 Å². The van der Waals surface area contributed by atoms with Crippen molar-refractivity contribution < 1.29 is 13.2 Å². The first-order chi connectivity index (χ1) is 7.07. The molecule has 15 heavy (non-hydrogen) atoms. The van der Waals surface area contributed by atoms with E-state index < -0.39 is 11.7 Å². The summed E-state index contributed by atoms with van der Waals surface area (Å²) >= 11 is 1.32. The van der Waals surface area contributed by atoms with Gasteiger partial charge < -0.3 is 0 Å². The fourth-order valence-corrected chi connectivity index (χ4v) is 1.83. The quantitative estimate of drug-likeness (QED) is 0.724. The Bertz CT molecular complexity index is 448. The van der Waals surface area contributed by atoms with Gasteiger partial charge >= 0.3 is 6.18 Å². The fourth-order valence-electron chi connectivity index (χ4n) is 1.21. The Morgan fingerprint density at radius 3 is 2.60 bits per heavy atom. The van der Waals surface area contributed by atoms with Gasteiger partial charge in [0, 0.05) is 6.20 Å². The van der Waals surface area contributed by atoms with Crippen LogP contribution in [0.1, 0.15) is 5.56 Å². The van der Waals surface area contributed by atoms with Crippen molar-refractivity contribution in [3.8, 4) is 10.4 Å². The van der Waals surface area contributed by atoms with Gasteiger partial charge in [0.15, 0.2) is 0 Å². The molecular formula is C10H6F3NS. The third-order valence-electron chi connectivity index (χ3n) is 1.91. The van der Waals surface area contributed by atoms with E-state index >= 15 is 0 Å². The van der Waals surface area contributed by atoms with E-state index in [-0.39, 0.29) is 0 Å². The molecule has 0 aliphatic rings. The van der Waals surface area contributed by atoms with Gasteiger partial charge in [-0.2, -0.15) is 13.2 Å². The summed E-state index contributed by atoms with van der Waals surface area (Å²) < 4.78 is 37.2. The summed E-state index contributed by atoms with van der Waals surface area (Å²) in [5.74, 6) is 0. The van der Waals surface area contributed by atoms with Crippen LogP contribution < -0.4 is 0 Å². The second-order valence-corrected chi connectivity index (χ2v) is 3.83. The first-order valence-corrected chi connectivity index (χ1v) is 5.01. The molecule has 0 N–H and O–H groups in total. The molecule has 2 rings (SSSR count). The van der Waals surface area contributed by atoms with Gasteiger partial charge in [-0.15, -0.1) is 11.3 Å². The third kappa shape index (κ3) is 2.18. The lowest BCUT2D eigenvalue weighted by atomic mass is 10.1. The lowest BCUT2D eigenvalue weighted by molar-refractivity contribution is -0.137. The Morgan fingerprint density at radius 1 is 1.20 bits per heavy atom. The predicted octanol–water partition coefficient (Wildman–Crippen LogP) is 3.83.